The second-order valence-corrected chi connectivity index (χ2v) is 14.7. The molecule has 1 unspecified atom stereocenters. The van der Waals surface area contributed by atoms with Gasteiger partial charge in [-0.1, -0.05) is 55.5 Å². The number of ether oxygens (including phenoxy) is 5. The number of carbonyl (C=O) groups is 1. The first kappa shape index (κ1) is 46.6. The van der Waals surface area contributed by atoms with Gasteiger partial charge in [0.25, 0.3) is 0 Å². The third kappa shape index (κ3) is 11.3. The number of rotatable bonds is 17. The molecule has 0 bridgehead atoms. The molecule has 8 N–H and O–H groups in total. The molecule has 306 valence electrons. The van der Waals surface area contributed by atoms with Gasteiger partial charge >= 0.3 is 43.5 Å². The molecule has 5 rings (SSSR count). The molecule has 0 radical (unpaired) electrons. The van der Waals surface area contributed by atoms with Crippen molar-refractivity contribution in [3.8, 4) is 11.1 Å². The number of hydrogen-bond donors (Lipinski definition) is 8. The van der Waals surface area contributed by atoms with Gasteiger partial charge < -0.3 is 74.6 Å². The summed E-state index contributed by atoms with van der Waals surface area (Å²) in [7, 11) is -4.87. The van der Waals surface area contributed by atoms with Gasteiger partial charge in [-0.15, -0.1) is 0 Å². The standard InChI is InChI=1S/C35H49N2O17P.Na/c1-3-13-48-34-31(29(42)26(39)24(15-38)52-34)54-33-30(43)28(41)27(40)25(53-33)17-51-55(46,47)50-14-12-36-32(44)18(2)37-35(45)49-16-23-21-10-6-4-8-19(21)20-9-5-7-11-22(20)23;/h4-11,18,23-31,33-34,38-43H,3,12-17H2,1-2H3,(H,36,44)(H,37,45)(H,46,47);/q;+1/p-1/t18-,24+,25+,26+,27+,28-,29-,30-,31-,33+,34-;/m0./s1. The van der Waals surface area contributed by atoms with E-state index in [0.29, 0.717) is 6.42 Å². The summed E-state index contributed by atoms with van der Waals surface area (Å²) in [6.45, 7) is 0.843. The average molecular weight is 823 g/mol. The summed E-state index contributed by atoms with van der Waals surface area (Å²) in [5.74, 6) is -0.944. The maximum atomic E-state index is 12.6. The normalized spacial score (nSPS) is 30.7. The van der Waals surface area contributed by atoms with Crippen molar-refractivity contribution in [2.75, 3.05) is 39.6 Å². The summed E-state index contributed by atoms with van der Waals surface area (Å²) in [5.41, 5.74) is 4.17. The predicted octanol–water partition coefficient (Wildman–Crippen LogP) is -4.13. The number of fused-ring (bicyclic) bond motifs is 3. The van der Waals surface area contributed by atoms with Crippen LogP contribution in [0, 0.1) is 0 Å². The van der Waals surface area contributed by atoms with Gasteiger partial charge in [0, 0.05) is 12.5 Å². The SMILES string of the molecule is CCCO[C@H]1O[C@H](CO)[C@@H](O)[C@H](O)[C@@H]1O[C@H]1O[C@H](COP(=O)(O)OCCN=C([O-])[C@H](C)NC(=O)OCC2c3ccccc3-c3ccccc32)[C@@H](O)[C@H](O)[C@@H]1O.[Na+]. The first-order valence-electron chi connectivity index (χ1n) is 17.8. The Morgan fingerprint density at radius 2 is 1.48 bits per heavy atom. The van der Waals surface area contributed by atoms with E-state index in [9.17, 15) is 50.0 Å². The van der Waals surface area contributed by atoms with Crippen LogP contribution < -0.4 is 40.0 Å². The summed E-state index contributed by atoms with van der Waals surface area (Å²) in [4.78, 5) is 26.5. The number of amides is 1. The van der Waals surface area contributed by atoms with E-state index in [1.54, 1.807) is 6.92 Å². The molecule has 0 saturated carbocycles. The second kappa shape index (κ2) is 21.2. The first-order chi connectivity index (χ1) is 26.3. The van der Waals surface area contributed by atoms with Crippen molar-refractivity contribution in [2.45, 2.75) is 93.6 Å². The van der Waals surface area contributed by atoms with Crippen LogP contribution in [0.4, 0.5) is 4.79 Å². The van der Waals surface area contributed by atoms with Gasteiger partial charge in [-0.05, 0) is 41.5 Å². The summed E-state index contributed by atoms with van der Waals surface area (Å²) < 4.78 is 49.9. The summed E-state index contributed by atoms with van der Waals surface area (Å²) >= 11 is 0. The molecule has 3 aliphatic rings. The van der Waals surface area contributed by atoms with E-state index in [4.69, 9.17) is 32.7 Å². The molecule has 2 aromatic rings. The zero-order chi connectivity index (χ0) is 39.9. The maximum Gasteiger partial charge on any atom is 1.00 e. The number of aliphatic imine (C=N–C) groups is 1. The summed E-state index contributed by atoms with van der Waals surface area (Å²) in [5, 5.41) is 76.9. The first-order valence-corrected chi connectivity index (χ1v) is 19.3. The van der Waals surface area contributed by atoms with E-state index in [2.05, 4.69) is 10.3 Å². The Bertz CT molecular complexity index is 1610. The predicted molar refractivity (Wildman–Crippen MR) is 187 cm³/mol. The van der Waals surface area contributed by atoms with Crippen LogP contribution >= 0.6 is 7.82 Å². The van der Waals surface area contributed by atoms with Gasteiger partial charge in [0.1, 0.15) is 55.4 Å². The van der Waals surface area contributed by atoms with Crippen LogP contribution in [-0.2, 0) is 37.3 Å². The molecular weight excluding hydrogens is 774 g/mol. The number of aliphatic hydroxyl groups is 6. The smallest absolute Gasteiger partial charge is 0.861 e. The molecule has 1 amide bonds. The quantitative estimate of drug-likeness (QED) is 0.0247. The Hall–Kier alpha value is -2.11. The van der Waals surface area contributed by atoms with E-state index in [1.807, 2.05) is 48.5 Å². The van der Waals surface area contributed by atoms with E-state index in [-0.39, 0.29) is 48.7 Å². The molecule has 19 nitrogen and oxygen atoms in total. The molecule has 0 spiro atoms. The van der Waals surface area contributed by atoms with Crippen molar-refractivity contribution in [3.05, 3.63) is 59.7 Å². The molecule has 1 aliphatic carbocycles. The largest absolute Gasteiger partial charge is 1.00 e. The zero-order valence-corrected chi connectivity index (χ0v) is 34.0. The monoisotopic (exact) mass is 822 g/mol. The molecule has 12 atom stereocenters. The molecule has 0 aromatic heterocycles. The van der Waals surface area contributed by atoms with Gasteiger partial charge in [-0.3, -0.25) is 9.05 Å². The number of phosphoric ester groups is 1. The van der Waals surface area contributed by atoms with Crippen LogP contribution in [0.3, 0.4) is 0 Å². The van der Waals surface area contributed by atoms with Crippen molar-refractivity contribution in [1.82, 2.24) is 5.32 Å². The summed E-state index contributed by atoms with van der Waals surface area (Å²) in [6.07, 6.45) is -16.8. The van der Waals surface area contributed by atoms with Gasteiger partial charge in [0.15, 0.2) is 12.6 Å². The van der Waals surface area contributed by atoms with E-state index in [1.165, 1.54) is 6.92 Å². The number of nitrogens with zero attached hydrogens (tertiary/aromatic N) is 1. The van der Waals surface area contributed by atoms with Crippen LogP contribution in [0.25, 0.3) is 11.1 Å². The molecule has 2 heterocycles. The second-order valence-electron chi connectivity index (χ2n) is 13.2. The number of nitrogens with one attached hydrogen (secondary N) is 1. The fourth-order valence-electron chi connectivity index (χ4n) is 6.42. The summed E-state index contributed by atoms with van der Waals surface area (Å²) in [6, 6.07) is 14.6. The van der Waals surface area contributed by atoms with Crippen LogP contribution in [0.2, 0.25) is 0 Å². The minimum atomic E-state index is -4.87. The van der Waals surface area contributed by atoms with E-state index >= 15 is 0 Å². The zero-order valence-electron chi connectivity index (χ0n) is 31.1. The Labute approximate surface area is 345 Å². The number of alkyl carbamates (subject to hydrolysis) is 1. The number of hydrogen-bond acceptors (Lipinski definition) is 17. The topological polar surface area (TPSA) is 288 Å². The van der Waals surface area contributed by atoms with Gasteiger partial charge in [-0.2, -0.15) is 0 Å². The molecule has 2 saturated heterocycles. The molecule has 2 fully saturated rings. The molecule has 2 aromatic carbocycles. The maximum absolute atomic E-state index is 12.6. The van der Waals surface area contributed by atoms with Crippen LogP contribution in [0.15, 0.2) is 53.5 Å². The third-order valence-electron chi connectivity index (χ3n) is 9.33. The molecule has 21 heteroatoms. The van der Waals surface area contributed by atoms with Crippen molar-refractivity contribution in [3.63, 3.8) is 0 Å². The van der Waals surface area contributed by atoms with Crippen molar-refractivity contribution in [2.24, 2.45) is 4.99 Å². The fraction of sp³-hybridized carbons (Fsp3) is 0.600. The molecular formula is C35H48N2NaO17P. The third-order valence-corrected chi connectivity index (χ3v) is 10.3. The van der Waals surface area contributed by atoms with Crippen LogP contribution in [0.1, 0.15) is 37.3 Å². The van der Waals surface area contributed by atoms with Crippen molar-refractivity contribution < 1.29 is 112 Å². The Morgan fingerprint density at radius 1 is 0.875 bits per heavy atom. The number of phosphoric acid groups is 1. The Morgan fingerprint density at radius 3 is 2.11 bits per heavy atom. The van der Waals surface area contributed by atoms with Crippen LogP contribution in [0.5, 0.6) is 0 Å². The minimum Gasteiger partial charge on any atom is -0.861 e. The number of benzene rings is 2. The van der Waals surface area contributed by atoms with Gasteiger partial charge in [0.2, 0.25) is 0 Å². The van der Waals surface area contributed by atoms with E-state index < -0.39 is 114 Å². The molecule has 2 aliphatic heterocycles. The fourth-order valence-corrected chi connectivity index (χ4v) is 7.15. The Kier molecular flexibility index (Phi) is 17.7. The van der Waals surface area contributed by atoms with Crippen LogP contribution in [-0.4, -0.2) is 155 Å². The average Bonchev–Trinajstić information content (AvgIpc) is 3.50. The number of carbonyl (C=O) groups excluding carboxylic acids is 1. The van der Waals surface area contributed by atoms with Crippen molar-refractivity contribution >= 4 is 19.8 Å². The molecule has 56 heavy (non-hydrogen) atoms. The minimum absolute atomic E-state index is 0. The van der Waals surface area contributed by atoms with Crippen molar-refractivity contribution in [1.29, 1.82) is 0 Å². The number of aliphatic hydroxyl groups excluding tert-OH is 6. The van der Waals surface area contributed by atoms with Gasteiger partial charge in [0.05, 0.1) is 32.4 Å². The van der Waals surface area contributed by atoms with E-state index in [0.717, 1.165) is 22.3 Å². The Balaban J connectivity index is 0.00000696. The van der Waals surface area contributed by atoms with Gasteiger partial charge in [-0.25, -0.2) is 9.36 Å².